The number of esters is 1. The molecule has 2 rings (SSSR count). The van der Waals surface area contributed by atoms with Crippen molar-refractivity contribution >= 4 is 17.6 Å². The fraction of sp³-hybridized carbons (Fsp3) is 0.500. The van der Waals surface area contributed by atoms with Gasteiger partial charge in [-0.1, -0.05) is 71.4 Å². The first-order valence-electron chi connectivity index (χ1n) is 11.5. The van der Waals surface area contributed by atoms with Gasteiger partial charge in [-0.25, -0.2) is 4.39 Å². The van der Waals surface area contributed by atoms with Crippen LogP contribution in [0.5, 0.6) is 11.5 Å². The topological polar surface area (TPSA) is 35.5 Å². The summed E-state index contributed by atoms with van der Waals surface area (Å²) in [5.74, 6) is -3.01. The van der Waals surface area contributed by atoms with E-state index < -0.39 is 28.7 Å². The molecule has 0 aliphatic carbocycles. The summed E-state index contributed by atoms with van der Waals surface area (Å²) in [4.78, 5) is 12.1. The Bertz CT molecular complexity index is 855. The molecule has 0 N–H and O–H groups in total. The molecule has 2 aromatic carbocycles. The van der Waals surface area contributed by atoms with E-state index in [9.17, 15) is 13.6 Å². The van der Waals surface area contributed by atoms with Crippen molar-refractivity contribution < 1.29 is 23.0 Å². The number of hydrogen-bond acceptors (Lipinski definition) is 3. The Labute approximate surface area is 195 Å². The van der Waals surface area contributed by atoms with Crippen LogP contribution in [-0.2, 0) is 4.79 Å². The molecule has 0 spiro atoms. The van der Waals surface area contributed by atoms with E-state index in [-0.39, 0.29) is 11.5 Å². The van der Waals surface area contributed by atoms with Crippen molar-refractivity contribution in [2.45, 2.75) is 71.1 Å². The fourth-order valence-electron chi connectivity index (χ4n) is 3.24. The van der Waals surface area contributed by atoms with Crippen molar-refractivity contribution in [1.82, 2.24) is 0 Å². The van der Waals surface area contributed by atoms with Crippen LogP contribution >= 0.6 is 11.6 Å². The number of alkyl halides is 1. The maximum Gasteiger partial charge on any atom is 0.329 e. The van der Waals surface area contributed by atoms with E-state index in [1.54, 1.807) is 31.2 Å². The third-order valence-corrected chi connectivity index (χ3v) is 6.17. The molecule has 6 heteroatoms. The van der Waals surface area contributed by atoms with Gasteiger partial charge in [0.15, 0.2) is 11.6 Å². The first-order valence-corrected chi connectivity index (χ1v) is 11.9. The minimum atomic E-state index is -1.22. The summed E-state index contributed by atoms with van der Waals surface area (Å²) < 4.78 is 39.9. The Balaban J connectivity index is 1.97. The van der Waals surface area contributed by atoms with E-state index in [0.29, 0.717) is 24.3 Å². The molecule has 3 nitrogen and oxygen atoms in total. The Hall–Kier alpha value is -2.14. The number of carbonyl (C=O) groups excluding carboxylic acids is 1. The molecule has 176 valence electrons. The smallest absolute Gasteiger partial charge is 0.329 e. The number of rotatable bonds is 13. The van der Waals surface area contributed by atoms with Crippen molar-refractivity contribution in [2.24, 2.45) is 5.92 Å². The van der Waals surface area contributed by atoms with Crippen LogP contribution in [0.15, 0.2) is 36.4 Å². The van der Waals surface area contributed by atoms with Gasteiger partial charge >= 0.3 is 5.97 Å². The van der Waals surface area contributed by atoms with Gasteiger partial charge in [0.05, 0.1) is 6.61 Å². The molecule has 0 amide bonds. The SMILES string of the molecule is CCCCCCCCOc1ccc(-c2ccc(OC(=O)C(Cl)C(C)CC)c(F)c2F)cc1. The molecular formula is C26H33ClF2O3. The van der Waals surface area contributed by atoms with Crippen molar-refractivity contribution in [3.05, 3.63) is 48.0 Å². The third-order valence-electron chi connectivity index (χ3n) is 5.56. The summed E-state index contributed by atoms with van der Waals surface area (Å²) >= 11 is 6.04. The molecule has 2 aromatic rings. The first-order chi connectivity index (χ1) is 15.4. The normalized spacial score (nSPS) is 12.9. The monoisotopic (exact) mass is 466 g/mol. The molecule has 0 heterocycles. The van der Waals surface area contributed by atoms with E-state index in [4.69, 9.17) is 21.1 Å². The van der Waals surface area contributed by atoms with E-state index in [2.05, 4.69) is 6.92 Å². The summed E-state index contributed by atoms with van der Waals surface area (Å²) in [7, 11) is 0. The summed E-state index contributed by atoms with van der Waals surface area (Å²) in [6.45, 7) is 6.50. The zero-order valence-electron chi connectivity index (χ0n) is 19.1. The summed E-state index contributed by atoms with van der Waals surface area (Å²) in [5.41, 5.74) is 0.579. The molecule has 2 atom stereocenters. The lowest BCUT2D eigenvalue weighted by molar-refractivity contribution is -0.135. The van der Waals surface area contributed by atoms with Gasteiger partial charge in [0.1, 0.15) is 11.1 Å². The number of carbonyl (C=O) groups is 1. The van der Waals surface area contributed by atoms with Crippen LogP contribution in [0.2, 0.25) is 0 Å². The standard InChI is InChI=1S/C26H33ClF2O3/c1-4-6-7-8-9-10-17-31-20-13-11-19(12-14-20)21-15-16-22(25(29)24(21)28)32-26(30)23(27)18(3)5-2/h11-16,18,23H,4-10,17H2,1-3H3. The van der Waals surface area contributed by atoms with Crippen molar-refractivity contribution in [1.29, 1.82) is 0 Å². The average Bonchev–Trinajstić information content (AvgIpc) is 2.81. The first kappa shape index (κ1) is 26.1. The lowest BCUT2D eigenvalue weighted by atomic mass is 10.0. The maximum atomic E-state index is 14.7. The quantitative estimate of drug-likeness (QED) is 0.130. The van der Waals surface area contributed by atoms with Crippen LogP contribution in [0.4, 0.5) is 8.78 Å². The Morgan fingerprint density at radius 1 is 0.938 bits per heavy atom. The molecular weight excluding hydrogens is 434 g/mol. The average molecular weight is 467 g/mol. The highest BCUT2D eigenvalue weighted by Gasteiger charge is 2.25. The Morgan fingerprint density at radius 3 is 2.25 bits per heavy atom. The Morgan fingerprint density at radius 2 is 1.59 bits per heavy atom. The predicted octanol–water partition coefficient (Wildman–Crippen LogP) is 7.93. The molecule has 0 aliphatic heterocycles. The summed E-state index contributed by atoms with van der Waals surface area (Å²) in [6, 6.07) is 9.47. The fourth-order valence-corrected chi connectivity index (χ4v) is 3.46. The summed E-state index contributed by atoms with van der Waals surface area (Å²) in [6.07, 6.45) is 7.78. The number of ether oxygens (including phenoxy) is 2. The van der Waals surface area contributed by atoms with Gasteiger partial charge in [0.25, 0.3) is 0 Å². The van der Waals surface area contributed by atoms with Gasteiger partial charge in [-0.15, -0.1) is 11.6 Å². The van der Waals surface area contributed by atoms with Gasteiger partial charge < -0.3 is 9.47 Å². The van der Waals surface area contributed by atoms with Crippen molar-refractivity contribution in [3.63, 3.8) is 0 Å². The molecule has 0 fully saturated rings. The zero-order valence-corrected chi connectivity index (χ0v) is 19.9. The lowest BCUT2D eigenvalue weighted by Gasteiger charge is -2.15. The van der Waals surface area contributed by atoms with Gasteiger partial charge in [-0.05, 0) is 42.2 Å². The maximum absolute atomic E-state index is 14.7. The van der Waals surface area contributed by atoms with E-state index in [1.165, 1.54) is 37.8 Å². The van der Waals surface area contributed by atoms with E-state index in [0.717, 1.165) is 12.8 Å². The van der Waals surface area contributed by atoms with Crippen LogP contribution in [0.3, 0.4) is 0 Å². The number of hydrogen-bond donors (Lipinski definition) is 0. The molecule has 0 bridgehead atoms. The van der Waals surface area contributed by atoms with Gasteiger partial charge in [0, 0.05) is 5.56 Å². The van der Waals surface area contributed by atoms with Crippen molar-refractivity contribution in [2.75, 3.05) is 6.61 Å². The predicted molar refractivity (Wildman–Crippen MR) is 125 cm³/mol. The molecule has 0 saturated carbocycles. The number of benzene rings is 2. The molecule has 0 aliphatic rings. The highest BCUT2D eigenvalue weighted by atomic mass is 35.5. The summed E-state index contributed by atoms with van der Waals surface area (Å²) in [5, 5.41) is -0.925. The second-order valence-electron chi connectivity index (χ2n) is 8.09. The lowest BCUT2D eigenvalue weighted by Crippen LogP contribution is -2.27. The Kier molecular flexibility index (Phi) is 10.9. The van der Waals surface area contributed by atoms with E-state index >= 15 is 0 Å². The zero-order chi connectivity index (χ0) is 23.5. The molecule has 0 saturated heterocycles. The van der Waals surface area contributed by atoms with Crippen LogP contribution in [0, 0.1) is 17.6 Å². The van der Waals surface area contributed by atoms with Crippen LogP contribution < -0.4 is 9.47 Å². The van der Waals surface area contributed by atoms with Gasteiger partial charge in [0.2, 0.25) is 5.82 Å². The van der Waals surface area contributed by atoms with E-state index in [1.807, 2.05) is 6.92 Å². The highest BCUT2D eigenvalue weighted by Crippen LogP contribution is 2.31. The van der Waals surface area contributed by atoms with Crippen LogP contribution in [0.25, 0.3) is 11.1 Å². The largest absolute Gasteiger partial charge is 0.494 e. The van der Waals surface area contributed by atoms with Crippen LogP contribution in [-0.4, -0.2) is 18.0 Å². The number of halogens is 3. The minimum absolute atomic E-state index is 0.0779. The van der Waals surface area contributed by atoms with Gasteiger partial charge in [-0.3, -0.25) is 4.79 Å². The molecule has 2 unspecified atom stereocenters. The molecule has 32 heavy (non-hydrogen) atoms. The van der Waals surface area contributed by atoms with Crippen molar-refractivity contribution in [3.8, 4) is 22.6 Å². The second kappa shape index (κ2) is 13.4. The highest BCUT2D eigenvalue weighted by molar-refractivity contribution is 6.30. The third kappa shape index (κ3) is 7.47. The second-order valence-corrected chi connectivity index (χ2v) is 8.56. The van der Waals surface area contributed by atoms with Gasteiger partial charge in [-0.2, -0.15) is 4.39 Å². The van der Waals surface area contributed by atoms with Crippen LogP contribution in [0.1, 0.15) is 65.7 Å². The molecule has 0 radical (unpaired) electrons. The minimum Gasteiger partial charge on any atom is -0.494 e. The number of unbranched alkanes of at least 4 members (excludes halogenated alkanes) is 5. The molecule has 0 aromatic heterocycles.